The molecule has 0 radical (unpaired) electrons. The van der Waals surface area contributed by atoms with Crippen LogP contribution in [0.15, 0.2) is 56.5 Å². The van der Waals surface area contributed by atoms with Crippen LogP contribution in [0, 0.1) is 0 Å². The Balaban J connectivity index is 2.08. The monoisotopic (exact) mass is 533 g/mol. The molecule has 0 amide bonds. The first-order chi connectivity index (χ1) is 14.3. The van der Waals surface area contributed by atoms with E-state index in [-0.39, 0.29) is 5.78 Å². The number of hydrogen-bond acceptors (Lipinski definition) is 4. The Morgan fingerprint density at radius 1 is 0.867 bits per heavy atom. The van der Waals surface area contributed by atoms with Gasteiger partial charge in [0.05, 0.1) is 14.2 Å². The van der Waals surface area contributed by atoms with E-state index in [4.69, 9.17) is 9.47 Å². The van der Waals surface area contributed by atoms with Crippen LogP contribution in [0.5, 0.6) is 11.5 Å². The number of halogens is 2. The van der Waals surface area contributed by atoms with Gasteiger partial charge in [-0.25, -0.2) is 0 Å². The van der Waals surface area contributed by atoms with Crippen molar-refractivity contribution in [3.05, 3.63) is 67.6 Å². The standard InChI is InChI=1S/C24H25Br2NO3/c1-15(2)27-13-18(9-16-11-20(25)5-7-22(16)29-3)24(28)19(14-27)10-17-12-21(26)6-8-23(17)30-4/h5-12,15H,13-14H2,1-4H3/b18-9-,19-10+. The molecule has 0 aromatic heterocycles. The normalized spacial score (nSPS) is 17.8. The Morgan fingerprint density at radius 3 is 1.67 bits per heavy atom. The van der Waals surface area contributed by atoms with Gasteiger partial charge < -0.3 is 9.47 Å². The van der Waals surface area contributed by atoms with Crippen LogP contribution in [0.25, 0.3) is 12.2 Å². The number of ketones is 1. The molecule has 0 saturated carbocycles. The van der Waals surface area contributed by atoms with Crippen molar-refractivity contribution in [1.29, 1.82) is 0 Å². The van der Waals surface area contributed by atoms with Gasteiger partial charge in [-0.05, 0) is 62.4 Å². The van der Waals surface area contributed by atoms with E-state index in [1.807, 2.05) is 48.6 Å². The van der Waals surface area contributed by atoms with Gasteiger partial charge in [-0.1, -0.05) is 31.9 Å². The molecule has 2 aromatic carbocycles. The van der Waals surface area contributed by atoms with Gasteiger partial charge in [0.25, 0.3) is 0 Å². The predicted molar refractivity (Wildman–Crippen MR) is 129 cm³/mol. The van der Waals surface area contributed by atoms with Crippen molar-refractivity contribution in [2.45, 2.75) is 19.9 Å². The van der Waals surface area contributed by atoms with Gasteiger partial charge in [-0.3, -0.25) is 9.69 Å². The van der Waals surface area contributed by atoms with E-state index in [2.05, 4.69) is 50.6 Å². The quantitative estimate of drug-likeness (QED) is 0.442. The molecule has 0 atom stereocenters. The van der Waals surface area contributed by atoms with Crippen LogP contribution >= 0.6 is 31.9 Å². The van der Waals surface area contributed by atoms with Gasteiger partial charge >= 0.3 is 0 Å². The predicted octanol–water partition coefficient (Wildman–Crippen LogP) is 5.99. The minimum Gasteiger partial charge on any atom is -0.496 e. The third-order valence-corrected chi connectivity index (χ3v) is 6.09. The highest BCUT2D eigenvalue weighted by atomic mass is 79.9. The first-order valence-electron chi connectivity index (χ1n) is 9.69. The summed E-state index contributed by atoms with van der Waals surface area (Å²) in [5, 5.41) is 0. The zero-order valence-corrected chi connectivity index (χ0v) is 20.7. The molecule has 1 aliphatic heterocycles. The third-order valence-electron chi connectivity index (χ3n) is 5.10. The second kappa shape index (κ2) is 9.94. The molecule has 2 aromatic rings. The second-order valence-corrected chi connectivity index (χ2v) is 9.27. The minimum atomic E-state index is 0.0518. The fourth-order valence-electron chi connectivity index (χ4n) is 3.44. The van der Waals surface area contributed by atoms with Crippen molar-refractivity contribution >= 4 is 49.8 Å². The van der Waals surface area contributed by atoms with Gasteiger partial charge in [-0.2, -0.15) is 0 Å². The SMILES string of the molecule is COc1ccc(Br)cc1/C=C1/CN(C(C)C)C/C(=C\c2cc(Br)ccc2OC)C1=O. The van der Waals surface area contributed by atoms with Crippen LogP contribution in [0.2, 0.25) is 0 Å². The van der Waals surface area contributed by atoms with Gasteiger partial charge in [0, 0.05) is 50.3 Å². The molecule has 0 N–H and O–H groups in total. The van der Waals surface area contributed by atoms with Crippen molar-refractivity contribution < 1.29 is 14.3 Å². The Morgan fingerprint density at radius 2 is 1.30 bits per heavy atom. The molecule has 6 heteroatoms. The fourth-order valence-corrected chi connectivity index (χ4v) is 4.20. The number of Topliss-reactive ketones (excluding diaryl/α,β-unsaturated/α-hetero) is 1. The lowest BCUT2D eigenvalue weighted by Gasteiger charge is -2.33. The number of carbonyl (C=O) groups is 1. The van der Waals surface area contributed by atoms with Crippen LogP contribution in [0.3, 0.4) is 0 Å². The topological polar surface area (TPSA) is 38.8 Å². The van der Waals surface area contributed by atoms with Crippen molar-refractivity contribution in [3.8, 4) is 11.5 Å². The average Bonchev–Trinajstić information content (AvgIpc) is 2.71. The summed E-state index contributed by atoms with van der Waals surface area (Å²) in [5.41, 5.74) is 3.23. The highest BCUT2D eigenvalue weighted by molar-refractivity contribution is 9.10. The van der Waals surface area contributed by atoms with Crippen molar-refractivity contribution in [3.63, 3.8) is 0 Å². The minimum absolute atomic E-state index is 0.0518. The van der Waals surface area contributed by atoms with Crippen molar-refractivity contribution in [2.75, 3.05) is 27.3 Å². The number of ether oxygens (including phenoxy) is 2. The van der Waals surface area contributed by atoms with E-state index in [0.717, 1.165) is 42.7 Å². The van der Waals surface area contributed by atoms with Crippen LogP contribution in [-0.4, -0.2) is 44.0 Å². The Hall–Kier alpha value is -1.89. The lowest BCUT2D eigenvalue weighted by molar-refractivity contribution is -0.113. The number of likely N-dealkylation sites (tertiary alicyclic amines) is 1. The number of hydrogen-bond donors (Lipinski definition) is 0. The molecule has 0 unspecified atom stereocenters. The molecule has 1 saturated heterocycles. The number of carbonyl (C=O) groups excluding carboxylic acids is 1. The zero-order chi connectivity index (χ0) is 21.8. The highest BCUT2D eigenvalue weighted by Gasteiger charge is 2.28. The van der Waals surface area contributed by atoms with Gasteiger partial charge in [0.1, 0.15) is 11.5 Å². The summed E-state index contributed by atoms with van der Waals surface area (Å²) < 4.78 is 12.9. The lowest BCUT2D eigenvalue weighted by Crippen LogP contribution is -2.41. The highest BCUT2D eigenvalue weighted by Crippen LogP contribution is 2.31. The van der Waals surface area contributed by atoms with Crippen LogP contribution in [-0.2, 0) is 4.79 Å². The summed E-state index contributed by atoms with van der Waals surface area (Å²) >= 11 is 7.02. The van der Waals surface area contributed by atoms with Crippen LogP contribution < -0.4 is 9.47 Å². The van der Waals surface area contributed by atoms with Gasteiger partial charge in [0.15, 0.2) is 5.78 Å². The molecule has 158 valence electrons. The number of rotatable bonds is 5. The summed E-state index contributed by atoms with van der Waals surface area (Å²) in [6.07, 6.45) is 3.87. The summed E-state index contributed by atoms with van der Waals surface area (Å²) in [7, 11) is 3.28. The Kier molecular flexibility index (Phi) is 7.55. The third kappa shape index (κ3) is 5.23. The first-order valence-corrected chi connectivity index (χ1v) is 11.3. The largest absolute Gasteiger partial charge is 0.496 e. The smallest absolute Gasteiger partial charge is 0.187 e. The maximum atomic E-state index is 13.4. The summed E-state index contributed by atoms with van der Waals surface area (Å²) in [5.74, 6) is 1.52. The lowest BCUT2D eigenvalue weighted by atomic mass is 9.93. The Bertz CT molecular complexity index is 936. The molecule has 0 spiro atoms. The number of methoxy groups -OCH3 is 2. The molecule has 3 rings (SSSR count). The zero-order valence-electron chi connectivity index (χ0n) is 17.5. The van der Waals surface area contributed by atoms with E-state index in [1.165, 1.54) is 0 Å². The maximum absolute atomic E-state index is 13.4. The van der Waals surface area contributed by atoms with E-state index in [1.54, 1.807) is 14.2 Å². The molecule has 30 heavy (non-hydrogen) atoms. The van der Waals surface area contributed by atoms with Crippen molar-refractivity contribution in [2.24, 2.45) is 0 Å². The summed E-state index contributed by atoms with van der Waals surface area (Å²) in [6, 6.07) is 11.9. The molecule has 1 heterocycles. The second-order valence-electron chi connectivity index (χ2n) is 7.44. The number of piperidine rings is 1. The van der Waals surface area contributed by atoms with Crippen LogP contribution in [0.4, 0.5) is 0 Å². The van der Waals surface area contributed by atoms with E-state index in [0.29, 0.717) is 19.1 Å². The maximum Gasteiger partial charge on any atom is 0.187 e. The molecule has 4 nitrogen and oxygen atoms in total. The van der Waals surface area contributed by atoms with E-state index < -0.39 is 0 Å². The number of nitrogens with zero attached hydrogens (tertiary/aromatic N) is 1. The number of benzene rings is 2. The molecule has 1 aliphatic rings. The van der Waals surface area contributed by atoms with Gasteiger partial charge in [0.2, 0.25) is 0 Å². The molecular weight excluding hydrogens is 510 g/mol. The van der Waals surface area contributed by atoms with E-state index >= 15 is 0 Å². The Labute approximate surface area is 194 Å². The van der Waals surface area contributed by atoms with E-state index in [9.17, 15) is 4.79 Å². The summed E-state index contributed by atoms with van der Waals surface area (Å²) in [6.45, 7) is 5.48. The fraction of sp³-hybridized carbons (Fsp3) is 0.292. The first kappa shape index (κ1) is 22.8. The van der Waals surface area contributed by atoms with Gasteiger partial charge in [-0.15, -0.1) is 0 Å². The molecule has 0 bridgehead atoms. The summed E-state index contributed by atoms with van der Waals surface area (Å²) in [4.78, 5) is 15.7. The van der Waals surface area contributed by atoms with Crippen LogP contribution in [0.1, 0.15) is 25.0 Å². The molecule has 0 aliphatic carbocycles. The molecule has 1 fully saturated rings. The average molecular weight is 535 g/mol. The molecular formula is C24H25Br2NO3. The van der Waals surface area contributed by atoms with Crippen molar-refractivity contribution in [1.82, 2.24) is 4.90 Å².